The van der Waals surface area contributed by atoms with Gasteiger partial charge < -0.3 is 9.64 Å². The van der Waals surface area contributed by atoms with Crippen LogP contribution in [0.3, 0.4) is 0 Å². The molecule has 0 radical (unpaired) electrons. The van der Waals surface area contributed by atoms with Gasteiger partial charge in [0.15, 0.2) is 0 Å². The Morgan fingerprint density at radius 2 is 0.905 bits per heavy atom. The lowest BCUT2D eigenvalue weighted by Crippen LogP contribution is -2.16. The molecule has 1 aliphatic carbocycles. The summed E-state index contributed by atoms with van der Waals surface area (Å²) in [6.07, 6.45) is 0. The molecule has 1 aliphatic heterocycles. The Balaban J connectivity index is 1.12. The number of hydrogen-bond acceptors (Lipinski definition) is 2. The van der Waals surface area contributed by atoms with Crippen molar-refractivity contribution in [3.63, 3.8) is 0 Å². The summed E-state index contributed by atoms with van der Waals surface area (Å²) in [7, 11) is 0. The van der Waals surface area contributed by atoms with Crippen molar-refractivity contribution in [1.82, 2.24) is 0 Å². The minimum Gasteiger partial charge on any atom is -0.456 e. The van der Waals surface area contributed by atoms with Gasteiger partial charge in [-0.3, -0.25) is 0 Å². The van der Waals surface area contributed by atoms with Gasteiger partial charge in [-0.05, 0) is 138 Å². The fraction of sp³-hybridized carbons (Fsp3) is 0.0492. The first-order valence-corrected chi connectivity index (χ1v) is 21.8. The number of hydrogen-bond donors (Lipinski definition) is 0. The van der Waals surface area contributed by atoms with Gasteiger partial charge in [-0.2, -0.15) is 0 Å². The Bertz CT molecular complexity index is 3330. The van der Waals surface area contributed by atoms with Crippen molar-refractivity contribution in [1.29, 1.82) is 0 Å². The average Bonchev–Trinajstić information content (AvgIpc) is 3.47. The van der Waals surface area contributed by atoms with Crippen molar-refractivity contribution in [2.75, 3.05) is 4.90 Å². The third-order valence-corrected chi connectivity index (χ3v) is 13.2. The highest BCUT2D eigenvalue weighted by Crippen LogP contribution is 2.54. The zero-order valence-corrected chi connectivity index (χ0v) is 35.2. The lowest BCUT2D eigenvalue weighted by atomic mass is 9.82. The highest BCUT2D eigenvalue weighted by molar-refractivity contribution is 6.07. The van der Waals surface area contributed by atoms with Crippen molar-refractivity contribution in [3.8, 4) is 78.3 Å². The number of nitrogens with zero attached hydrogens (tertiary/aromatic N) is 1. The average molecular weight is 806 g/mol. The Labute approximate surface area is 369 Å². The molecule has 0 spiro atoms. The summed E-state index contributed by atoms with van der Waals surface area (Å²) in [5, 5.41) is 2.32. The van der Waals surface area contributed by atoms with E-state index in [1.807, 2.05) is 0 Å². The normalized spacial score (nSPS) is 12.9. The van der Waals surface area contributed by atoms with Crippen LogP contribution < -0.4 is 9.64 Å². The molecule has 12 rings (SSSR count). The Morgan fingerprint density at radius 1 is 0.333 bits per heavy atom. The number of fused-ring (bicyclic) bond motifs is 10. The summed E-state index contributed by atoms with van der Waals surface area (Å²) < 4.78 is 6.90. The van der Waals surface area contributed by atoms with E-state index in [1.54, 1.807) is 0 Å². The summed E-state index contributed by atoms with van der Waals surface area (Å²) >= 11 is 0. The molecule has 0 aromatic heterocycles. The van der Waals surface area contributed by atoms with Gasteiger partial charge in [0.25, 0.3) is 0 Å². The second-order valence-corrected chi connectivity index (χ2v) is 17.3. The van der Waals surface area contributed by atoms with Gasteiger partial charge >= 0.3 is 0 Å². The number of benzene rings is 10. The molecule has 1 heterocycles. The van der Waals surface area contributed by atoms with Crippen LogP contribution in [-0.2, 0) is 5.41 Å². The molecule has 10 aromatic carbocycles. The first kappa shape index (κ1) is 36.9. The van der Waals surface area contributed by atoms with Gasteiger partial charge in [-0.1, -0.05) is 178 Å². The van der Waals surface area contributed by atoms with Crippen molar-refractivity contribution in [2.24, 2.45) is 0 Å². The minimum atomic E-state index is -0.167. The molecule has 0 unspecified atom stereocenters. The summed E-state index contributed by atoms with van der Waals surface area (Å²) in [5.74, 6) is 1.70. The molecule has 63 heavy (non-hydrogen) atoms. The van der Waals surface area contributed by atoms with Crippen LogP contribution in [0.1, 0.15) is 25.0 Å². The summed E-state index contributed by atoms with van der Waals surface area (Å²) in [4.78, 5) is 2.47. The zero-order chi connectivity index (χ0) is 42.1. The van der Waals surface area contributed by atoms with Crippen LogP contribution in [0.4, 0.5) is 17.1 Å². The molecule has 10 aromatic rings. The van der Waals surface area contributed by atoms with E-state index in [0.717, 1.165) is 67.3 Å². The molecule has 2 aliphatic rings. The lowest BCUT2D eigenvalue weighted by Gasteiger charge is -2.30. The quantitative estimate of drug-likeness (QED) is 0.166. The Morgan fingerprint density at radius 3 is 1.60 bits per heavy atom. The van der Waals surface area contributed by atoms with Crippen molar-refractivity contribution < 1.29 is 4.74 Å². The van der Waals surface area contributed by atoms with Gasteiger partial charge in [-0.15, -0.1) is 0 Å². The molecule has 0 atom stereocenters. The molecule has 0 saturated heterocycles. The third-order valence-electron chi connectivity index (χ3n) is 13.2. The molecule has 0 N–H and O–H groups in total. The molecule has 0 bridgehead atoms. The fourth-order valence-electron chi connectivity index (χ4n) is 10.1. The predicted molar refractivity (Wildman–Crippen MR) is 263 cm³/mol. The Hall–Kier alpha value is -7.94. The predicted octanol–water partition coefficient (Wildman–Crippen LogP) is 17.1. The van der Waals surface area contributed by atoms with Crippen LogP contribution in [0, 0.1) is 0 Å². The van der Waals surface area contributed by atoms with E-state index in [9.17, 15) is 0 Å². The van der Waals surface area contributed by atoms with Gasteiger partial charge in [0.05, 0.1) is 0 Å². The smallest absolute Gasteiger partial charge is 0.135 e. The monoisotopic (exact) mass is 805 g/mol. The maximum atomic E-state index is 6.90. The fourth-order valence-corrected chi connectivity index (χ4v) is 10.1. The maximum absolute atomic E-state index is 6.90. The summed E-state index contributed by atoms with van der Waals surface area (Å²) in [5.41, 5.74) is 19.9. The van der Waals surface area contributed by atoms with Crippen LogP contribution in [0.2, 0.25) is 0 Å². The number of para-hydroxylation sites is 1. The first-order valence-electron chi connectivity index (χ1n) is 21.8. The molecule has 2 nitrogen and oxygen atoms in total. The molecule has 2 heteroatoms. The van der Waals surface area contributed by atoms with E-state index < -0.39 is 0 Å². The van der Waals surface area contributed by atoms with Crippen molar-refractivity contribution in [3.05, 3.63) is 236 Å². The van der Waals surface area contributed by atoms with E-state index in [-0.39, 0.29) is 5.41 Å². The molecule has 298 valence electrons. The third kappa shape index (κ3) is 6.17. The largest absolute Gasteiger partial charge is 0.456 e. The van der Waals surface area contributed by atoms with Gasteiger partial charge in [0.1, 0.15) is 11.5 Å². The van der Waals surface area contributed by atoms with E-state index in [1.165, 1.54) is 49.9 Å². The Kier molecular flexibility index (Phi) is 8.55. The highest BCUT2D eigenvalue weighted by Gasteiger charge is 2.36. The van der Waals surface area contributed by atoms with Crippen LogP contribution in [0.25, 0.3) is 77.5 Å². The van der Waals surface area contributed by atoms with Crippen LogP contribution in [-0.4, -0.2) is 0 Å². The molecule has 0 amide bonds. The van der Waals surface area contributed by atoms with Gasteiger partial charge in [0, 0.05) is 33.6 Å². The topological polar surface area (TPSA) is 12.5 Å². The highest BCUT2D eigenvalue weighted by atomic mass is 16.5. The minimum absolute atomic E-state index is 0.167. The van der Waals surface area contributed by atoms with E-state index >= 15 is 0 Å². The van der Waals surface area contributed by atoms with Crippen LogP contribution >= 0.6 is 0 Å². The lowest BCUT2D eigenvalue weighted by molar-refractivity contribution is 0.488. The van der Waals surface area contributed by atoms with Gasteiger partial charge in [0.2, 0.25) is 0 Å². The van der Waals surface area contributed by atoms with Crippen molar-refractivity contribution in [2.45, 2.75) is 19.3 Å². The summed E-state index contributed by atoms with van der Waals surface area (Å²) in [6, 6.07) is 81.8. The molecular weight excluding hydrogens is 763 g/mol. The second kappa shape index (κ2) is 14.6. The van der Waals surface area contributed by atoms with Crippen LogP contribution in [0.15, 0.2) is 224 Å². The number of anilines is 3. The van der Waals surface area contributed by atoms with E-state index in [4.69, 9.17) is 4.74 Å². The summed E-state index contributed by atoms with van der Waals surface area (Å²) in [6.45, 7) is 4.72. The van der Waals surface area contributed by atoms with E-state index in [2.05, 4.69) is 243 Å². The molecule has 0 fully saturated rings. The first-order chi connectivity index (χ1) is 31.0. The maximum Gasteiger partial charge on any atom is 0.135 e. The van der Waals surface area contributed by atoms with Crippen LogP contribution in [0.5, 0.6) is 11.5 Å². The van der Waals surface area contributed by atoms with E-state index in [0.29, 0.717) is 0 Å². The number of ether oxygens (including phenoxy) is 1. The number of rotatable bonds is 6. The van der Waals surface area contributed by atoms with Crippen molar-refractivity contribution >= 4 is 27.8 Å². The zero-order valence-electron chi connectivity index (χ0n) is 35.2. The van der Waals surface area contributed by atoms with Gasteiger partial charge in [-0.25, -0.2) is 0 Å². The molecule has 0 saturated carbocycles. The second-order valence-electron chi connectivity index (χ2n) is 17.3. The SMILES string of the molecule is CC1(C)c2ccccc2-c2ccc(N(c3cc(-c4ccccc4)cc(-c4ccccc4)c3)c3ccc4c(c3)-c3c(ccc5cc(-c6ccccc6)ccc35)Oc3ccccc3-4)cc21. The standard InChI is InChI=1S/C61H43NO/c1-61(2)56-24-14-12-22-52(56)53-32-29-48(39-57(53)61)62(49-36-45(41-18-8-4-9-19-41)35-46(37-49)42-20-10-5-11-21-42)47-28-31-51-54-23-13-15-25-58(54)63-59-33-27-44-34-43(40-16-6-3-7-17-40)26-30-50(44)60(59)55(51)38-47/h3-39H,1-2H3. The molecular formula is C61H43NO.